The molecule has 0 aliphatic rings. The number of methoxy groups -OCH3 is 1. The second-order valence-corrected chi connectivity index (χ2v) is 9.31. The van der Waals surface area contributed by atoms with E-state index in [1.807, 2.05) is 31.2 Å². The molecule has 0 unspecified atom stereocenters. The van der Waals surface area contributed by atoms with Crippen LogP contribution >= 0.6 is 0 Å². The topological polar surface area (TPSA) is 93.7 Å². The van der Waals surface area contributed by atoms with Crippen LogP contribution in [0.4, 0.5) is 5.69 Å². The molecule has 0 saturated carbocycles. The van der Waals surface area contributed by atoms with Crippen molar-refractivity contribution in [2.45, 2.75) is 38.1 Å². The minimum Gasteiger partial charge on any atom is -0.493 e. The zero-order valence-corrected chi connectivity index (χ0v) is 18.7. The van der Waals surface area contributed by atoms with E-state index in [2.05, 4.69) is 10.0 Å². The first-order valence-electron chi connectivity index (χ1n) is 9.41. The number of allylic oxidation sites excluding steroid dienone is 1. The first-order chi connectivity index (χ1) is 14.0. The number of hydrogen-bond donors (Lipinski definition) is 2. The fourth-order valence-corrected chi connectivity index (χ4v) is 4.11. The number of carbonyl (C=O) groups is 1. The Hall–Kier alpha value is -2.84. The van der Waals surface area contributed by atoms with Crippen molar-refractivity contribution in [2.75, 3.05) is 19.0 Å². The molecule has 0 aromatic heterocycles. The standard InChI is InChI=1S/C22H28N2O5S/c1-6-8-16-11-12-19(20(13-16)28-5)29-15-21(25)23-17-9-7-10-18(14-17)30(26,27)24-22(2,3)4/h6-14,24H,15H2,1-5H3,(H,23,25)/b8-6+. The maximum absolute atomic E-state index is 12.5. The number of carbonyl (C=O) groups excluding carboxylic acids is 1. The highest BCUT2D eigenvalue weighted by Gasteiger charge is 2.22. The number of amides is 1. The molecule has 1 amide bonds. The summed E-state index contributed by atoms with van der Waals surface area (Å²) in [6.07, 6.45) is 3.84. The Morgan fingerprint density at radius 1 is 1.10 bits per heavy atom. The van der Waals surface area contributed by atoms with Crippen molar-refractivity contribution < 1.29 is 22.7 Å². The Labute approximate surface area is 178 Å². The lowest BCUT2D eigenvalue weighted by Crippen LogP contribution is -2.40. The van der Waals surface area contributed by atoms with Crippen LogP contribution in [0.5, 0.6) is 11.5 Å². The summed E-state index contributed by atoms with van der Waals surface area (Å²) in [6, 6.07) is 11.4. The Morgan fingerprint density at radius 3 is 2.47 bits per heavy atom. The van der Waals surface area contributed by atoms with Gasteiger partial charge in [-0.25, -0.2) is 13.1 Å². The molecule has 2 N–H and O–H groups in total. The smallest absolute Gasteiger partial charge is 0.262 e. The first-order valence-corrected chi connectivity index (χ1v) is 10.9. The second kappa shape index (κ2) is 9.77. The normalized spacial score (nSPS) is 12.0. The molecule has 0 aliphatic heterocycles. The van der Waals surface area contributed by atoms with E-state index in [0.29, 0.717) is 17.2 Å². The highest BCUT2D eigenvalue weighted by Crippen LogP contribution is 2.28. The molecule has 0 heterocycles. The molecule has 0 atom stereocenters. The quantitative estimate of drug-likeness (QED) is 0.661. The Balaban J connectivity index is 2.06. The lowest BCUT2D eigenvalue weighted by molar-refractivity contribution is -0.118. The summed E-state index contributed by atoms with van der Waals surface area (Å²) < 4.78 is 38.4. The predicted octanol–water partition coefficient (Wildman–Crippen LogP) is 3.82. The van der Waals surface area contributed by atoms with Crippen LogP contribution in [0.25, 0.3) is 6.08 Å². The maximum atomic E-state index is 12.5. The zero-order chi connectivity index (χ0) is 22.4. The van der Waals surface area contributed by atoms with Crippen molar-refractivity contribution in [3.05, 3.63) is 54.1 Å². The minimum absolute atomic E-state index is 0.0670. The molecule has 0 radical (unpaired) electrons. The molecule has 0 fully saturated rings. The number of nitrogens with one attached hydrogen (secondary N) is 2. The number of ether oxygens (including phenoxy) is 2. The van der Waals surface area contributed by atoms with Gasteiger partial charge in [-0.15, -0.1) is 0 Å². The Bertz CT molecular complexity index is 1020. The summed E-state index contributed by atoms with van der Waals surface area (Å²) in [7, 11) is -2.18. The van der Waals surface area contributed by atoms with E-state index in [1.54, 1.807) is 39.0 Å². The third-order valence-electron chi connectivity index (χ3n) is 3.77. The van der Waals surface area contributed by atoms with Gasteiger partial charge in [-0.05, 0) is 63.6 Å². The van der Waals surface area contributed by atoms with Crippen LogP contribution in [0, 0.1) is 0 Å². The van der Waals surface area contributed by atoms with Gasteiger partial charge < -0.3 is 14.8 Å². The van der Waals surface area contributed by atoms with Crippen molar-refractivity contribution in [3.63, 3.8) is 0 Å². The summed E-state index contributed by atoms with van der Waals surface area (Å²) >= 11 is 0. The van der Waals surface area contributed by atoms with Gasteiger partial charge in [0.05, 0.1) is 12.0 Å². The third kappa shape index (κ3) is 6.89. The van der Waals surface area contributed by atoms with Crippen molar-refractivity contribution in [3.8, 4) is 11.5 Å². The van der Waals surface area contributed by atoms with Gasteiger partial charge in [0.25, 0.3) is 5.91 Å². The largest absolute Gasteiger partial charge is 0.493 e. The molecule has 7 nitrogen and oxygen atoms in total. The van der Waals surface area contributed by atoms with Gasteiger partial charge in [-0.1, -0.05) is 24.3 Å². The van der Waals surface area contributed by atoms with Gasteiger partial charge in [0.1, 0.15) is 0 Å². The Morgan fingerprint density at radius 2 is 1.83 bits per heavy atom. The van der Waals surface area contributed by atoms with E-state index in [0.717, 1.165) is 5.56 Å². The number of hydrogen-bond acceptors (Lipinski definition) is 5. The van der Waals surface area contributed by atoms with E-state index < -0.39 is 21.5 Å². The fraction of sp³-hybridized carbons (Fsp3) is 0.318. The molecular weight excluding hydrogens is 404 g/mol. The lowest BCUT2D eigenvalue weighted by Gasteiger charge is -2.20. The van der Waals surface area contributed by atoms with E-state index in [1.165, 1.54) is 19.2 Å². The van der Waals surface area contributed by atoms with Crippen molar-refractivity contribution in [2.24, 2.45) is 0 Å². The van der Waals surface area contributed by atoms with Crippen molar-refractivity contribution >= 4 is 27.7 Å². The number of anilines is 1. The number of sulfonamides is 1. The van der Waals surface area contributed by atoms with Gasteiger partial charge in [-0.2, -0.15) is 0 Å². The van der Waals surface area contributed by atoms with Crippen molar-refractivity contribution in [1.29, 1.82) is 0 Å². The first kappa shape index (κ1) is 23.4. The van der Waals surface area contributed by atoms with E-state index in [9.17, 15) is 13.2 Å². The van der Waals surface area contributed by atoms with Crippen LogP contribution in [-0.2, 0) is 14.8 Å². The second-order valence-electron chi connectivity index (χ2n) is 7.63. The summed E-state index contributed by atoms with van der Waals surface area (Å²) in [5.74, 6) is 0.527. The molecular formula is C22H28N2O5S. The third-order valence-corrected chi connectivity index (χ3v) is 5.53. The average molecular weight is 433 g/mol. The Kier molecular flexibility index (Phi) is 7.64. The van der Waals surface area contributed by atoms with Crippen LogP contribution in [0.2, 0.25) is 0 Å². The van der Waals surface area contributed by atoms with Gasteiger partial charge in [0.15, 0.2) is 18.1 Å². The van der Waals surface area contributed by atoms with Crippen molar-refractivity contribution in [1.82, 2.24) is 4.72 Å². The van der Waals surface area contributed by atoms with Crippen LogP contribution < -0.4 is 19.5 Å². The average Bonchev–Trinajstić information content (AvgIpc) is 2.65. The summed E-state index contributed by atoms with van der Waals surface area (Å²) in [5, 5.41) is 2.65. The number of benzene rings is 2. The molecule has 30 heavy (non-hydrogen) atoms. The van der Waals surface area contributed by atoms with E-state index >= 15 is 0 Å². The highest BCUT2D eigenvalue weighted by molar-refractivity contribution is 7.89. The van der Waals surface area contributed by atoms with Crippen LogP contribution in [0.3, 0.4) is 0 Å². The lowest BCUT2D eigenvalue weighted by atomic mass is 10.1. The molecule has 2 aromatic rings. The van der Waals surface area contributed by atoms with Gasteiger partial charge in [0, 0.05) is 11.2 Å². The number of rotatable bonds is 8. The maximum Gasteiger partial charge on any atom is 0.262 e. The van der Waals surface area contributed by atoms with Gasteiger partial charge in [-0.3, -0.25) is 4.79 Å². The van der Waals surface area contributed by atoms with Crippen LogP contribution in [-0.4, -0.2) is 33.6 Å². The highest BCUT2D eigenvalue weighted by atomic mass is 32.2. The molecule has 2 aromatic carbocycles. The van der Waals surface area contributed by atoms with E-state index in [-0.39, 0.29) is 11.5 Å². The molecule has 0 saturated heterocycles. The zero-order valence-electron chi connectivity index (χ0n) is 17.9. The monoisotopic (exact) mass is 432 g/mol. The molecule has 0 bridgehead atoms. The van der Waals surface area contributed by atoms with Gasteiger partial charge in [0.2, 0.25) is 10.0 Å². The van der Waals surface area contributed by atoms with E-state index in [4.69, 9.17) is 9.47 Å². The summed E-state index contributed by atoms with van der Waals surface area (Å²) in [5.41, 5.74) is 0.691. The molecule has 162 valence electrons. The summed E-state index contributed by atoms with van der Waals surface area (Å²) in [4.78, 5) is 12.4. The fourth-order valence-electron chi connectivity index (χ4n) is 2.64. The van der Waals surface area contributed by atoms with Gasteiger partial charge >= 0.3 is 0 Å². The van der Waals surface area contributed by atoms with Crippen LogP contribution in [0.15, 0.2) is 53.4 Å². The SMILES string of the molecule is C/C=C/c1ccc(OCC(=O)Nc2cccc(S(=O)(=O)NC(C)(C)C)c2)c(OC)c1. The molecule has 2 rings (SSSR count). The minimum atomic E-state index is -3.70. The molecule has 0 spiro atoms. The molecule has 0 aliphatic carbocycles. The van der Waals surface area contributed by atoms with Crippen LogP contribution in [0.1, 0.15) is 33.3 Å². The predicted molar refractivity (Wildman–Crippen MR) is 118 cm³/mol. The molecule has 8 heteroatoms. The summed E-state index contributed by atoms with van der Waals surface area (Å²) in [6.45, 7) is 6.93.